The minimum atomic E-state index is -0.945. The maximum absolute atomic E-state index is 14.8. The second-order valence-corrected chi connectivity index (χ2v) is 10.4. The lowest BCUT2D eigenvalue weighted by Gasteiger charge is -2.49. The number of halogens is 2. The van der Waals surface area contributed by atoms with E-state index < -0.39 is 23.5 Å². The highest BCUT2D eigenvalue weighted by atomic mass is 19.1. The SMILES string of the molecule is CN1CN(C23C(=Cc4ccccc42)Cc2c3ccc(F)c2CF)n2ccc(=O)c(OCc3ccccc3)c2C1=O. The lowest BCUT2D eigenvalue weighted by Crippen LogP contribution is -2.61. The zero-order chi connectivity index (χ0) is 27.6. The van der Waals surface area contributed by atoms with E-state index in [-0.39, 0.29) is 36.2 Å². The van der Waals surface area contributed by atoms with Crippen LogP contribution in [0.4, 0.5) is 8.78 Å². The first-order valence-corrected chi connectivity index (χ1v) is 13.1. The van der Waals surface area contributed by atoms with Crippen molar-refractivity contribution in [2.24, 2.45) is 0 Å². The van der Waals surface area contributed by atoms with Crippen LogP contribution in [-0.4, -0.2) is 29.2 Å². The van der Waals surface area contributed by atoms with Crippen molar-refractivity contribution in [1.29, 1.82) is 0 Å². The molecule has 0 saturated heterocycles. The van der Waals surface area contributed by atoms with Crippen LogP contribution in [0.2, 0.25) is 0 Å². The van der Waals surface area contributed by atoms with Crippen molar-refractivity contribution in [1.82, 2.24) is 9.58 Å². The monoisotopic (exact) mass is 537 g/mol. The van der Waals surface area contributed by atoms with Gasteiger partial charge in [-0.15, -0.1) is 0 Å². The highest BCUT2D eigenvalue weighted by Crippen LogP contribution is 2.56. The average molecular weight is 538 g/mol. The van der Waals surface area contributed by atoms with Crippen LogP contribution in [0.3, 0.4) is 0 Å². The minimum absolute atomic E-state index is 0.0390. The van der Waals surface area contributed by atoms with Gasteiger partial charge in [-0.3, -0.25) is 19.3 Å². The summed E-state index contributed by atoms with van der Waals surface area (Å²) in [7, 11) is 1.67. The standard InChI is InChI=1S/C32H25F2N3O3/c1-35-19-37(36-14-13-28(38)30(29(36)31(35)39)40-18-20-7-3-2-4-8-20)32-22(15-21-9-5-6-10-25(21)32)16-23-24(17-33)27(34)12-11-26(23)32/h2-15H,16-19H2,1H3. The van der Waals surface area contributed by atoms with Crippen molar-refractivity contribution in [3.05, 3.63) is 140 Å². The fourth-order valence-corrected chi connectivity index (χ4v) is 6.46. The Morgan fingerprint density at radius 2 is 1.73 bits per heavy atom. The van der Waals surface area contributed by atoms with E-state index in [9.17, 15) is 18.4 Å². The number of amides is 1. The predicted octanol–water partition coefficient (Wildman–Crippen LogP) is 4.91. The van der Waals surface area contributed by atoms with E-state index in [1.807, 2.05) is 59.6 Å². The molecule has 1 aromatic heterocycles. The number of carbonyl (C=O) groups is 1. The van der Waals surface area contributed by atoms with Crippen molar-refractivity contribution in [3.8, 4) is 5.75 Å². The van der Waals surface area contributed by atoms with E-state index in [0.717, 1.165) is 27.8 Å². The molecule has 3 aromatic carbocycles. The van der Waals surface area contributed by atoms with E-state index in [1.165, 1.54) is 17.0 Å². The van der Waals surface area contributed by atoms with Gasteiger partial charge >= 0.3 is 0 Å². The fourth-order valence-electron chi connectivity index (χ4n) is 6.46. The lowest BCUT2D eigenvalue weighted by molar-refractivity contribution is 0.0712. The molecule has 3 aliphatic rings. The van der Waals surface area contributed by atoms with Gasteiger partial charge in [-0.25, -0.2) is 8.78 Å². The van der Waals surface area contributed by atoms with Crippen LogP contribution in [-0.2, 0) is 25.2 Å². The van der Waals surface area contributed by atoms with Crippen molar-refractivity contribution in [3.63, 3.8) is 0 Å². The Kier molecular flexibility index (Phi) is 5.42. The number of nitrogens with zero attached hydrogens (tertiary/aromatic N) is 3. The van der Waals surface area contributed by atoms with Crippen LogP contribution in [0.1, 0.15) is 43.9 Å². The number of aromatic nitrogens is 1. The normalized spacial score (nSPS) is 18.7. The number of ether oxygens (including phenoxy) is 1. The molecule has 7 rings (SSSR count). The zero-order valence-corrected chi connectivity index (χ0v) is 21.7. The highest BCUT2D eigenvalue weighted by Gasteiger charge is 2.55. The van der Waals surface area contributed by atoms with Gasteiger partial charge in [-0.2, -0.15) is 0 Å². The van der Waals surface area contributed by atoms with Gasteiger partial charge in [-0.05, 0) is 45.9 Å². The Morgan fingerprint density at radius 3 is 2.52 bits per heavy atom. The first-order valence-electron chi connectivity index (χ1n) is 13.1. The Balaban J connectivity index is 1.46. The molecule has 40 heavy (non-hydrogen) atoms. The molecule has 0 fully saturated rings. The molecular formula is C32H25F2N3O3. The third-order valence-corrected chi connectivity index (χ3v) is 8.21. The molecule has 1 unspecified atom stereocenters. The predicted molar refractivity (Wildman–Crippen MR) is 147 cm³/mol. The first-order chi connectivity index (χ1) is 19.4. The van der Waals surface area contributed by atoms with E-state index in [1.54, 1.807) is 24.0 Å². The molecule has 2 aliphatic carbocycles. The number of pyridine rings is 1. The molecule has 0 saturated carbocycles. The molecule has 4 aromatic rings. The van der Waals surface area contributed by atoms with Gasteiger partial charge in [0.2, 0.25) is 5.43 Å². The first kappa shape index (κ1) is 24.3. The molecule has 0 spiro atoms. The maximum atomic E-state index is 14.8. The molecule has 2 heterocycles. The average Bonchev–Trinajstić information content (AvgIpc) is 3.46. The number of hydrogen-bond donors (Lipinski definition) is 0. The van der Waals surface area contributed by atoms with E-state index in [4.69, 9.17) is 4.74 Å². The smallest absolute Gasteiger partial charge is 0.277 e. The van der Waals surface area contributed by atoms with Crippen molar-refractivity contribution < 1.29 is 18.3 Å². The summed E-state index contributed by atoms with van der Waals surface area (Å²) < 4.78 is 36.7. The summed E-state index contributed by atoms with van der Waals surface area (Å²) in [6, 6.07) is 21.8. The maximum Gasteiger partial charge on any atom is 0.277 e. The van der Waals surface area contributed by atoms with Gasteiger partial charge in [0.25, 0.3) is 5.91 Å². The fraction of sp³-hybridized carbons (Fsp3) is 0.188. The molecule has 0 N–H and O–H groups in total. The topological polar surface area (TPSA) is 54.8 Å². The number of carbonyl (C=O) groups excluding carboxylic acids is 1. The molecule has 1 aliphatic heterocycles. The molecule has 0 radical (unpaired) electrons. The third kappa shape index (κ3) is 3.25. The number of fused-ring (bicyclic) bond motifs is 6. The molecule has 6 nitrogen and oxygen atoms in total. The van der Waals surface area contributed by atoms with Crippen LogP contribution in [0.25, 0.3) is 6.08 Å². The summed E-state index contributed by atoms with van der Waals surface area (Å²) in [6.45, 7) is -0.634. The quantitative estimate of drug-likeness (QED) is 0.363. The summed E-state index contributed by atoms with van der Waals surface area (Å²) in [4.78, 5) is 28.3. The van der Waals surface area contributed by atoms with Crippen LogP contribution in [0, 0.1) is 5.82 Å². The van der Waals surface area contributed by atoms with Crippen molar-refractivity contribution >= 4 is 12.0 Å². The Labute approximate surface area is 229 Å². The van der Waals surface area contributed by atoms with E-state index in [0.29, 0.717) is 12.0 Å². The summed E-state index contributed by atoms with van der Waals surface area (Å²) in [5, 5.41) is 2.00. The third-order valence-electron chi connectivity index (χ3n) is 8.21. The minimum Gasteiger partial charge on any atom is -0.482 e. The van der Waals surface area contributed by atoms with Crippen LogP contribution < -0.4 is 15.2 Å². The Bertz CT molecular complexity index is 1780. The molecule has 0 bridgehead atoms. The summed E-state index contributed by atoms with van der Waals surface area (Å²) in [5.41, 5.74) is 3.94. The number of benzene rings is 3. The van der Waals surface area contributed by atoms with Gasteiger partial charge in [0.15, 0.2) is 11.4 Å². The van der Waals surface area contributed by atoms with Crippen LogP contribution in [0.5, 0.6) is 5.75 Å². The lowest BCUT2D eigenvalue weighted by atomic mass is 9.82. The number of hydrogen-bond acceptors (Lipinski definition) is 4. The van der Waals surface area contributed by atoms with Crippen molar-refractivity contribution in [2.45, 2.75) is 25.2 Å². The number of alkyl halides is 1. The summed E-state index contributed by atoms with van der Waals surface area (Å²) in [6.07, 6.45) is 4.02. The molecule has 1 amide bonds. The van der Waals surface area contributed by atoms with Gasteiger partial charge in [0, 0.05) is 24.9 Å². The van der Waals surface area contributed by atoms with Gasteiger partial charge in [-0.1, -0.05) is 66.7 Å². The summed E-state index contributed by atoms with van der Waals surface area (Å²) in [5.74, 6) is -0.966. The molecular weight excluding hydrogens is 512 g/mol. The Morgan fingerprint density at radius 1 is 0.950 bits per heavy atom. The second kappa shape index (κ2) is 8.91. The van der Waals surface area contributed by atoms with E-state index in [2.05, 4.69) is 6.08 Å². The summed E-state index contributed by atoms with van der Waals surface area (Å²) >= 11 is 0. The van der Waals surface area contributed by atoms with E-state index >= 15 is 0 Å². The molecule has 200 valence electrons. The highest BCUT2D eigenvalue weighted by molar-refractivity contribution is 5.96. The van der Waals surface area contributed by atoms with Gasteiger partial charge in [0.05, 0.1) is 0 Å². The molecule has 1 atom stereocenters. The van der Waals surface area contributed by atoms with Crippen LogP contribution >= 0.6 is 0 Å². The number of rotatable bonds is 5. The van der Waals surface area contributed by atoms with Gasteiger partial charge in [0.1, 0.15) is 31.3 Å². The zero-order valence-electron chi connectivity index (χ0n) is 21.7. The largest absolute Gasteiger partial charge is 0.482 e. The second-order valence-electron chi connectivity index (χ2n) is 10.4. The van der Waals surface area contributed by atoms with Crippen molar-refractivity contribution in [2.75, 3.05) is 18.7 Å². The Hall–Kier alpha value is -4.72. The van der Waals surface area contributed by atoms with Crippen LogP contribution in [0.15, 0.2) is 89.4 Å². The molecule has 8 heteroatoms. The van der Waals surface area contributed by atoms with Gasteiger partial charge < -0.3 is 9.64 Å².